The fourth-order valence-electron chi connectivity index (χ4n) is 1.31. The number of ether oxygens (including phenoxy) is 2. The minimum atomic E-state index is -1.19. The van der Waals surface area contributed by atoms with E-state index in [9.17, 15) is 9.59 Å². The highest BCUT2D eigenvalue weighted by atomic mass is 35.5. The van der Waals surface area contributed by atoms with Gasteiger partial charge in [0, 0.05) is 12.1 Å². The first-order valence-electron chi connectivity index (χ1n) is 5.53. The van der Waals surface area contributed by atoms with Crippen LogP contribution in [0.3, 0.4) is 0 Å². The molecular formula is C12H13Cl2NO5. The van der Waals surface area contributed by atoms with Gasteiger partial charge in [0.05, 0.1) is 11.6 Å². The van der Waals surface area contributed by atoms with Crippen molar-refractivity contribution in [3.8, 4) is 5.75 Å². The molecule has 0 bridgehead atoms. The molecule has 0 aromatic heterocycles. The topological polar surface area (TPSA) is 84.9 Å². The molecule has 0 aliphatic heterocycles. The summed E-state index contributed by atoms with van der Waals surface area (Å²) >= 11 is 11.6. The van der Waals surface area contributed by atoms with Crippen LogP contribution in [0.1, 0.15) is 0 Å². The predicted molar refractivity (Wildman–Crippen MR) is 73.4 cm³/mol. The fraction of sp³-hybridized carbons (Fsp3) is 0.333. The van der Waals surface area contributed by atoms with Gasteiger partial charge in [-0.25, -0.2) is 4.79 Å². The van der Waals surface area contributed by atoms with Gasteiger partial charge in [-0.05, 0) is 18.2 Å². The second-order valence-corrected chi connectivity index (χ2v) is 4.62. The Labute approximate surface area is 125 Å². The molecule has 1 aromatic carbocycles. The average molecular weight is 322 g/mol. The van der Waals surface area contributed by atoms with Gasteiger partial charge in [-0.1, -0.05) is 23.2 Å². The second kappa shape index (κ2) is 7.94. The molecule has 0 aliphatic carbocycles. The van der Waals surface area contributed by atoms with Gasteiger partial charge >= 0.3 is 5.97 Å². The van der Waals surface area contributed by atoms with E-state index < -0.39 is 17.9 Å². The van der Waals surface area contributed by atoms with E-state index in [1.165, 1.54) is 19.2 Å². The van der Waals surface area contributed by atoms with Crippen LogP contribution in [0.4, 0.5) is 0 Å². The number of carboxylic acid groups (broad SMARTS) is 1. The predicted octanol–water partition coefficient (Wildman–Crippen LogP) is 1.59. The highest BCUT2D eigenvalue weighted by Crippen LogP contribution is 2.27. The summed E-state index contributed by atoms with van der Waals surface area (Å²) in [4.78, 5) is 22.4. The third-order valence-corrected chi connectivity index (χ3v) is 2.75. The van der Waals surface area contributed by atoms with Crippen molar-refractivity contribution in [2.24, 2.45) is 0 Å². The first-order valence-corrected chi connectivity index (χ1v) is 6.28. The van der Waals surface area contributed by atoms with Gasteiger partial charge in [0.2, 0.25) is 0 Å². The van der Waals surface area contributed by atoms with Crippen LogP contribution in [0, 0.1) is 0 Å². The number of rotatable bonds is 7. The normalized spacial score (nSPS) is 11.8. The fourth-order valence-corrected chi connectivity index (χ4v) is 1.78. The molecule has 1 unspecified atom stereocenters. The van der Waals surface area contributed by atoms with Gasteiger partial charge < -0.3 is 19.9 Å². The minimum absolute atomic E-state index is 0.136. The number of carbonyl (C=O) groups excluding carboxylic acids is 1. The van der Waals surface area contributed by atoms with Crippen LogP contribution >= 0.6 is 23.2 Å². The largest absolute Gasteiger partial charge is 0.482 e. The minimum Gasteiger partial charge on any atom is -0.482 e. The molecule has 2 N–H and O–H groups in total. The lowest BCUT2D eigenvalue weighted by Gasteiger charge is -2.14. The summed E-state index contributed by atoms with van der Waals surface area (Å²) in [6.07, 6.45) is 0. The zero-order valence-corrected chi connectivity index (χ0v) is 12.1. The summed E-state index contributed by atoms with van der Waals surface area (Å²) < 4.78 is 9.87. The molecule has 110 valence electrons. The van der Waals surface area contributed by atoms with Crippen molar-refractivity contribution in [2.45, 2.75) is 6.04 Å². The van der Waals surface area contributed by atoms with Crippen molar-refractivity contribution in [2.75, 3.05) is 20.3 Å². The summed E-state index contributed by atoms with van der Waals surface area (Å²) in [6, 6.07) is 3.42. The Kier molecular flexibility index (Phi) is 6.57. The molecule has 1 aromatic rings. The molecule has 0 heterocycles. The molecule has 0 saturated carbocycles. The van der Waals surface area contributed by atoms with Crippen LogP contribution in [0.2, 0.25) is 10.0 Å². The van der Waals surface area contributed by atoms with E-state index in [-0.39, 0.29) is 24.0 Å². The lowest BCUT2D eigenvalue weighted by Crippen LogP contribution is -2.45. The van der Waals surface area contributed by atoms with E-state index in [2.05, 4.69) is 10.1 Å². The molecule has 0 fully saturated rings. The molecule has 0 spiro atoms. The van der Waals surface area contributed by atoms with E-state index in [1.54, 1.807) is 6.07 Å². The van der Waals surface area contributed by atoms with Crippen LogP contribution in [0.15, 0.2) is 18.2 Å². The van der Waals surface area contributed by atoms with Gasteiger partial charge in [-0.2, -0.15) is 0 Å². The van der Waals surface area contributed by atoms with E-state index >= 15 is 0 Å². The summed E-state index contributed by atoms with van der Waals surface area (Å²) in [5.74, 6) is -1.50. The number of hydrogen-bond donors (Lipinski definition) is 2. The maximum absolute atomic E-state index is 11.6. The zero-order chi connectivity index (χ0) is 15.1. The monoisotopic (exact) mass is 321 g/mol. The zero-order valence-electron chi connectivity index (χ0n) is 10.6. The van der Waals surface area contributed by atoms with Crippen LogP contribution in [-0.4, -0.2) is 43.3 Å². The van der Waals surface area contributed by atoms with Crippen molar-refractivity contribution in [3.05, 3.63) is 28.2 Å². The number of aliphatic carboxylic acids is 1. The third-order valence-electron chi connectivity index (χ3n) is 2.22. The lowest BCUT2D eigenvalue weighted by molar-refractivity contribution is -0.143. The van der Waals surface area contributed by atoms with Gasteiger partial charge in [0.15, 0.2) is 12.6 Å². The number of methoxy groups -OCH3 is 1. The Balaban J connectivity index is 2.52. The van der Waals surface area contributed by atoms with E-state index in [0.717, 1.165) is 0 Å². The number of hydrogen-bond acceptors (Lipinski definition) is 4. The standard InChI is InChI=1S/C12H13Cl2NO5/c1-19-5-9(12(17)18)15-11(16)6-20-10-3-2-7(13)4-8(10)14/h2-4,9H,5-6H2,1H3,(H,15,16)(H,17,18). The van der Waals surface area contributed by atoms with Gasteiger partial charge in [0.1, 0.15) is 5.75 Å². The first kappa shape index (κ1) is 16.6. The van der Waals surface area contributed by atoms with Gasteiger partial charge in [-0.15, -0.1) is 0 Å². The Morgan fingerprint density at radius 3 is 2.65 bits per heavy atom. The SMILES string of the molecule is COCC(NC(=O)COc1ccc(Cl)cc1Cl)C(=O)O. The van der Waals surface area contributed by atoms with E-state index in [1.807, 2.05) is 0 Å². The van der Waals surface area contributed by atoms with Crippen LogP contribution in [0.25, 0.3) is 0 Å². The maximum atomic E-state index is 11.6. The Bertz CT molecular complexity index is 495. The van der Waals surface area contributed by atoms with E-state index in [4.69, 9.17) is 33.0 Å². The average Bonchev–Trinajstić information content (AvgIpc) is 2.37. The molecule has 20 heavy (non-hydrogen) atoms. The summed E-state index contributed by atoms with van der Waals surface area (Å²) in [7, 11) is 1.34. The molecule has 1 rings (SSSR count). The number of benzene rings is 1. The third kappa shape index (κ3) is 5.24. The molecule has 0 aliphatic rings. The van der Waals surface area contributed by atoms with Gasteiger partial charge in [0.25, 0.3) is 5.91 Å². The lowest BCUT2D eigenvalue weighted by atomic mass is 10.3. The molecule has 6 nitrogen and oxygen atoms in total. The van der Waals surface area contributed by atoms with Crippen molar-refractivity contribution in [1.82, 2.24) is 5.32 Å². The van der Waals surface area contributed by atoms with Crippen molar-refractivity contribution < 1.29 is 24.2 Å². The van der Waals surface area contributed by atoms with Crippen molar-refractivity contribution in [1.29, 1.82) is 0 Å². The molecule has 0 saturated heterocycles. The van der Waals surface area contributed by atoms with E-state index in [0.29, 0.717) is 5.02 Å². The van der Waals surface area contributed by atoms with Crippen molar-refractivity contribution in [3.63, 3.8) is 0 Å². The van der Waals surface area contributed by atoms with Gasteiger partial charge in [-0.3, -0.25) is 4.79 Å². The van der Waals surface area contributed by atoms with Crippen molar-refractivity contribution >= 4 is 35.1 Å². The number of carbonyl (C=O) groups is 2. The highest BCUT2D eigenvalue weighted by molar-refractivity contribution is 6.35. The highest BCUT2D eigenvalue weighted by Gasteiger charge is 2.19. The van der Waals surface area contributed by atoms with Crippen LogP contribution in [-0.2, 0) is 14.3 Å². The molecule has 1 amide bonds. The Hall–Kier alpha value is -1.50. The summed E-state index contributed by atoms with van der Waals surface area (Å²) in [6.45, 7) is -0.502. The number of halogens is 2. The molecule has 8 heteroatoms. The smallest absolute Gasteiger partial charge is 0.328 e. The van der Waals surface area contributed by atoms with Crippen LogP contribution < -0.4 is 10.1 Å². The Morgan fingerprint density at radius 2 is 2.10 bits per heavy atom. The quantitative estimate of drug-likeness (QED) is 0.796. The molecule has 1 atom stereocenters. The number of nitrogens with one attached hydrogen (secondary N) is 1. The number of amides is 1. The molecule has 0 radical (unpaired) electrons. The number of carboxylic acids is 1. The second-order valence-electron chi connectivity index (χ2n) is 3.78. The Morgan fingerprint density at radius 1 is 1.40 bits per heavy atom. The first-order chi connectivity index (χ1) is 9.43. The summed E-state index contributed by atoms with van der Waals surface area (Å²) in [5.41, 5.74) is 0. The van der Waals surface area contributed by atoms with Crippen LogP contribution in [0.5, 0.6) is 5.75 Å². The summed E-state index contributed by atoms with van der Waals surface area (Å²) in [5, 5.41) is 11.8. The maximum Gasteiger partial charge on any atom is 0.328 e. The molecular weight excluding hydrogens is 309 g/mol.